The minimum atomic E-state index is -0.0656. The van der Waals surface area contributed by atoms with Gasteiger partial charge in [-0.05, 0) is 80.5 Å². The van der Waals surface area contributed by atoms with Gasteiger partial charge in [0.05, 0.1) is 12.1 Å². The van der Waals surface area contributed by atoms with Crippen LogP contribution in [0, 0.1) is 19.8 Å². The number of allylic oxidation sites excluding steroid dienone is 2. The van der Waals surface area contributed by atoms with Crippen molar-refractivity contribution < 1.29 is 9.59 Å². The van der Waals surface area contributed by atoms with Crippen molar-refractivity contribution in [1.29, 1.82) is 0 Å². The lowest BCUT2D eigenvalue weighted by atomic mass is 9.92. The van der Waals surface area contributed by atoms with E-state index in [2.05, 4.69) is 42.1 Å². The van der Waals surface area contributed by atoms with Gasteiger partial charge in [0.2, 0.25) is 5.91 Å². The Morgan fingerprint density at radius 3 is 2.76 bits per heavy atom. The summed E-state index contributed by atoms with van der Waals surface area (Å²) in [7, 11) is 0. The van der Waals surface area contributed by atoms with E-state index < -0.39 is 0 Å². The number of aryl methyl sites for hydroxylation is 1. The number of benzene rings is 1. The molecule has 1 amide bonds. The number of rotatable bonds is 7. The monoisotopic (exact) mass is 515 g/mol. The maximum atomic E-state index is 13.2. The van der Waals surface area contributed by atoms with Crippen molar-refractivity contribution in [1.82, 2.24) is 14.5 Å². The van der Waals surface area contributed by atoms with Crippen LogP contribution in [0.15, 0.2) is 49.3 Å². The summed E-state index contributed by atoms with van der Waals surface area (Å²) < 4.78 is 2.16. The normalized spacial score (nSPS) is 16.3. The number of carbonyl (C=O) groups excluding carboxylic acids is 2. The molecule has 3 aromatic rings. The Morgan fingerprint density at radius 1 is 1.16 bits per heavy atom. The summed E-state index contributed by atoms with van der Waals surface area (Å²) in [5, 5.41) is 1.75. The van der Waals surface area contributed by atoms with Crippen LogP contribution in [0.25, 0.3) is 27.6 Å². The summed E-state index contributed by atoms with van der Waals surface area (Å²) in [6.45, 7) is 9.25. The zero-order chi connectivity index (χ0) is 26.1. The summed E-state index contributed by atoms with van der Waals surface area (Å²) in [4.78, 5) is 31.3. The van der Waals surface area contributed by atoms with Crippen molar-refractivity contribution in [2.45, 2.75) is 58.9 Å². The molecule has 6 heteroatoms. The van der Waals surface area contributed by atoms with Crippen molar-refractivity contribution >= 4 is 39.8 Å². The molecule has 5 nitrogen and oxygen atoms in total. The van der Waals surface area contributed by atoms with Crippen LogP contribution < -0.4 is 0 Å². The molecule has 1 aliphatic heterocycles. The molecule has 1 fully saturated rings. The van der Waals surface area contributed by atoms with Gasteiger partial charge in [-0.15, -0.1) is 0 Å². The third-order valence-corrected chi connectivity index (χ3v) is 8.06. The Labute approximate surface area is 223 Å². The summed E-state index contributed by atoms with van der Waals surface area (Å²) >= 11 is 6.56. The van der Waals surface area contributed by atoms with E-state index in [0.29, 0.717) is 31.1 Å². The molecule has 2 aromatic heterocycles. The Hall–Kier alpha value is -3.18. The first-order valence-corrected chi connectivity index (χ1v) is 13.6. The molecule has 1 saturated heterocycles. The molecular formula is C31H34ClN3O2. The number of carbonyl (C=O) groups is 2. The second-order valence-corrected chi connectivity index (χ2v) is 10.9. The number of amides is 1. The first kappa shape index (κ1) is 25.5. The van der Waals surface area contributed by atoms with Gasteiger partial charge in [-0.3, -0.25) is 14.6 Å². The molecule has 0 spiro atoms. The van der Waals surface area contributed by atoms with Gasteiger partial charge in [-0.1, -0.05) is 30.7 Å². The van der Waals surface area contributed by atoms with Crippen LogP contribution in [0.5, 0.6) is 0 Å². The lowest BCUT2D eigenvalue weighted by molar-refractivity contribution is -0.134. The highest BCUT2D eigenvalue weighted by Crippen LogP contribution is 2.41. The average Bonchev–Trinajstić information content (AvgIpc) is 3.01. The average molecular weight is 516 g/mol. The van der Waals surface area contributed by atoms with Gasteiger partial charge in [0.1, 0.15) is 0 Å². The molecule has 2 aliphatic rings. The van der Waals surface area contributed by atoms with Crippen molar-refractivity contribution in [2.24, 2.45) is 5.92 Å². The number of likely N-dealkylation sites (tertiary alicyclic amines) is 1. The van der Waals surface area contributed by atoms with Crippen LogP contribution in [0.3, 0.4) is 0 Å². The van der Waals surface area contributed by atoms with E-state index in [9.17, 15) is 9.59 Å². The summed E-state index contributed by atoms with van der Waals surface area (Å²) in [6.07, 6.45) is 13.9. The van der Waals surface area contributed by atoms with Crippen LogP contribution in [0.4, 0.5) is 0 Å². The highest BCUT2D eigenvalue weighted by atomic mass is 35.5. The topological polar surface area (TPSA) is 55.2 Å². The summed E-state index contributed by atoms with van der Waals surface area (Å²) in [5.74, 6) is 0.319. The minimum Gasteiger partial charge on any atom is -0.338 e. The quantitative estimate of drug-likeness (QED) is 0.321. The molecule has 1 aliphatic carbocycles. The smallest absolute Gasteiger partial charge is 0.245 e. The van der Waals surface area contributed by atoms with Crippen molar-refractivity contribution in [3.05, 3.63) is 71.2 Å². The Balaban J connectivity index is 1.53. The van der Waals surface area contributed by atoms with E-state index in [1.54, 1.807) is 4.90 Å². The van der Waals surface area contributed by atoms with Gasteiger partial charge >= 0.3 is 0 Å². The molecule has 0 atom stereocenters. The van der Waals surface area contributed by atoms with E-state index >= 15 is 0 Å². The Kier molecular flexibility index (Phi) is 7.34. The lowest BCUT2D eigenvalue weighted by Crippen LogP contribution is -2.50. The van der Waals surface area contributed by atoms with E-state index in [0.717, 1.165) is 46.1 Å². The number of ketones is 1. The van der Waals surface area contributed by atoms with Gasteiger partial charge in [0.15, 0.2) is 5.78 Å². The number of Topliss-reactive ketones (excluding diaryl/α,β-unsaturated/α-hetero) is 1. The summed E-state index contributed by atoms with van der Waals surface area (Å²) in [5.41, 5.74) is 7.96. The molecular weight excluding hydrogens is 482 g/mol. The molecule has 0 saturated carbocycles. The predicted octanol–water partition coefficient (Wildman–Crippen LogP) is 6.92. The van der Waals surface area contributed by atoms with Crippen molar-refractivity contribution in [3.63, 3.8) is 0 Å². The second kappa shape index (κ2) is 10.7. The maximum Gasteiger partial charge on any atom is 0.245 e. The fourth-order valence-corrected chi connectivity index (χ4v) is 6.30. The SMILES string of the molecule is C=CC(=O)N1CC(CC(=O)Cn2c(C)c(-c3cnccc3C3=CCCCCC3)c3cc(Cl)cc(C)c32)C1. The Bertz CT molecular complexity index is 1410. The number of aromatic nitrogens is 2. The number of fused-ring (bicyclic) bond motifs is 1. The first-order valence-electron chi connectivity index (χ1n) is 13.2. The van der Waals surface area contributed by atoms with Crippen LogP contribution >= 0.6 is 11.6 Å². The predicted molar refractivity (Wildman–Crippen MR) is 151 cm³/mol. The molecule has 3 heterocycles. The fourth-order valence-electron chi connectivity index (χ4n) is 6.02. The number of nitrogens with zero attached hydrogens (tertiary/aromatic N) is 3. The van der Waals surface area contributed by atoms with Gasteiger partial charge in [0, 0.05) is 65.1 Å². The van der Waals surface area contributed by atoms with Crippen LogP contribution in [0.2, 0.25) is 5.02 Å². The second-order valence-electron chi connectivity index (χ2n) is 10.5. The standard InChI is InChI=1S/C31H34ClN3O2/c1-4-29(37)34-17-22(18-34)14-25(36)19-35-21(3)30(27-15-24(32)13-20(2)31(27)35)28-16-33-12-11-26(28)23-9-7-5-6-8-10-23/h4,9,11-13,15-16,22H,1,5-8,10,14,17-19H2,2-3H3. The highest BCUT2D eigenvalue weighted by Gasteiger charge is 2.31. The van der Waals surface area contributed by atoms with Gasteiger partial charge < -0.3 is 9.47 Å². The molecule has 0 radical (unpaired) electrons. The third kappa shape index (κ3) is 5.02. The van der Waals surface area contributed by atoms with Crippen LogP contribution in [-0.4, -0.2) is 39.2 Å². The van der Waals surface area contributed by atoms with E-state index in [-0.39, 0.29) is 17.6 Å². The molecule has 0 bridgehead atoms. The van der Waals surface area contributed by atoms with Crippen LogP contribution in [-0.2, 0) is 16.1 Å². The molecule has 192 valence electrons. The maximum absolute atomic E-state index is 13.2. The number of halogens is 1. The van der Waals surface area contributed by atoms with E-state index in [4.69, 9.17) is 11.6 Å². The largest absolute Gasteiger partial charge is 0.338 e. The van der Waals surface area contributed by atoms with Crippen molar-refractivity contribution in [3.8, 4) is 11.1 Å². The zero-order valence-corrected chi connectivity index (χ0v) is 22.5. The van der Waals surface area contributed by atoms with Crippen LogP contribution in [0.1, 0.15) is 55.3 Å². The Morgan fingerprint density at radius 2 is 1.97 bits per heavy atom. The number of hydrogen-bond donors (Lipinski definition) is 0. The molecule has 1 aromatic carbocycles. The van der Waals surface area contributed by atoms with Gasteiger partial charge in [0.25, 0.3) is 0 Å². The van der Waals surface area contributed by atoms with Gasteiger partial charge in [-0.2, -0.15) is 0 Å². The van der Waals surface area contributed by atoms with Gasteiger partial charge in [-0.25, -0.2) is 0 Å². The number of pyridine rings is 1. The number of hydrogen-bond acceptors (Lipinski definition) is 3. The molecule has 5 rings (SSSR count). The minimum absolute atomic E-state index is 0.0656. The zero-order valence-electron chi connectivity index (χ0n) is 21.7. The molecule has 0 N–H and O–H groups in total. The third-order valence-electron chi connectivity index (χ3n) is 7.84. The van der Waals surface area contributed by atoms with E-state index in [1.165, 1.54) is 36.5 Å². The molecule has 0 unspecified atom stereocenters. The van der Waals surface area contributed by atoms with Crippen molar-refractivity contribution in [2.75, 3.05) is 13.1 Å². The summed E-state index contributed by atoms with van der Waals surface area (Å²) in [6, 6.07) is 6.12. The lowest BCUT2D eigenvalue weighted by Gasteiger charge is -2.38. The highest BCUT2D eigenvalue weighted by molar-refractivity contribution is 6.31. The first-order chi connectivity index (χ1) is 17.9. The fraction of sp³-hybridized carbons (Fsp3) is 0.387. The molecule has 37 heavy (non-hydrogen) atoms. The van der Waals surface area contributed by atoms with E-state index in [1.807, 2.05) is 24.5 Å².